The fraction of sp³-hybridized carbons (Fsp3) is 0.562. The first-order chi connectivity index (χ1) is 9.61. The van der Waals surface area contributed by atoms with Gasteiger partial charge >= 0.3 is 0 Å². The van der Waals surface area contributed by atoms with Gasteiger partial charge in [-0.25, -0.2) is 0 Å². The number of benzene rings is 1. The van der Waals surface area contributed by atoms with Crippen molar-refractivity contribution >= 4 is 11.6 Å². The summed E-state index contributed by atoms with van der Waals surface area (Å²) in [5.74, 6) is 1.04. The van der Waals surface area contributed by atoms with Crippen LogP contribution >= 0.6 is 0 Å². The fourth-order valence-corrected chi connectivity index (χ4v) is 1.74. The SMILES string of the molecule is CCc1cccc(NC(N)=NCCCOCC(C)C)c1. The van der Waals surface area contributed by atoms with Gasteiger partial charge in [0.25, 0.3) is 0 Å². The van der Waals surface area contributed by atoms with E-state index < -0.39 is 0 Å². The van der Waals surface area contributed by atoms with Gasteiger partial charge in [0.15, 0.2) is 5.96 Å². The van der Waals surface area contributed by atoms with Gasteiger partial charge in [-0.15, -0.1) is 0 Å². The van der Waals surface area contributed by atoms with Crippen LogP contribution in [0.5, 0.6) is 0 Å². The minimum Gasteiger partial charge on any atom is -0.381 e. The molecule has 20 heavy (non-hydrogen) atoms. The third-order valence-electron chi connectivity index (χ3n) is 2.79. The van der Waals surface area contributed by atoms with Crippen molar-refractivity contribution in [2.45, 2.75) is 33.6 Å². The van der Waals surface area contributed by atoms with Gasteiger partial charge in [0.05, 0.1) is 0 Å². The van der Waals surface area contributed by atoms with E-state index in [0.29, 0.717) is 18.4 Å². The highest BCUT2D eigenvalue weighted by Gasteiger charge is 1.97. The van der Waals surface area contributed by atoms with Gasteiger partial charge in [0.2, 0.25) is 0 Å². The quantitative estimate of drug-likeness (QED) is 0.436. The molecule has 0 saturated heterocycles. The summed E-state index contributed by atoms with van der Waals surface area (Å²) >= 11 is 0. The topological polar surface area (TPSA) is 59.6 Å². The summed E-state index contributed by atoms with van der Waals surface area (Å²) in [7, 11) is 0. The van der Waals surface area contributed by atoms with Crippen LogP contribution in [0, 0.1) is 5.92 Å². The number of ether oxygens (including phenoxy) is 1. The van der Waals surface area contributed by atoms with Crippen molar-refractivity contribution in [1.29, 1.82) is 0 Å². The Hall–Kier alpha value is -1.55. The number of nitrogens with one attached hydrogen (secondary N) is 1. The van der Waals surface area contributed by atoms with Gasteiger partial charge in [-0.2, -0.15) is 0 Å². The molecule has 0 aliphatic rings. The molecule has 1 rings (SSSR count). The summed E-state index contributed by atoms with van der Waals surface area (Å²) < 4.78 is 5.49. The van der Waals surface area contributed by atoms with Crippen molar-refractivity contribution in [3.8, 4) is 0 Å². The van der Waals surface area contributed by atoms with E-state index in [4.69, 9.17) is 10.5 Å². The molecule has 0 unspecified atom stereocenters. The van der Waals surface area contributed by atoms with Gasteiger partial charge < -0.3 is 15.8 Å². The van der Waals surface area contributed by atoms with E-state index in [1.807, 2.05) is 12.1 Å². The summed E-state index contributed by atoms with van der Waals surface area (Å²) in [6, 6.07) is 8.21. The minimum absolute atomic E-state index is 0.460. The second kappa shape index (κ2) is 9.37. The molecule has 4 heteroatoms. The molecule has 3 N–H and O–H groups in total. The van der Waals surface area contributed by atoms with E-state index in [0.717, 1.165) is 31.7 Å². The van der Waals surface area contributed by atoms with Gasteiger partial charge in [0.1, 0.15) is 0 Å². The smallest absolute Gasteiger partial charge is 0.193 e. The van der Waals surface area contributed by atoms with Gasteiger partial charge in [-0.05, 0) is 36.5 Å². The van der Waals surface area contributed by atoms with E-state index in [2.05, 4.69) is 43.2 Å². The van der Waals surface area contributed by atoms with Crippen molar-refractivity contribution in [1.82, 2.24) is 0 Å². The maximum atomic E-state index is 5.86. The first kappa shape index (κ1) is 16.5. The van der Waals surface area contributed by atoms with Crippen molar-refractivity contribution in [3.05, 3.63) is 29.8 Å². The molecular formula is C16H27N3O. The summed E-state index contributed by atoms with van der Waals surface area (Å²) in [6.07, 6.45) is 1.91. The van der Waals surface area contributed by atoms with E-state index in [9.17, 15) is 0 Å². The summed E-state index contributed by atoms with van der Waals surface area (Å²) in [5.41, 5.74) is 8.13. The molecule has 0 aliphatic carbocycles. The Morgan fingerprint density at radius 1 is 1.40 bits per heavy atom. The van der Waals surface area contributed by atoms with Crippen LogP contribution < -0.4 is 11.1 Å². The van der Waals surface area contributed by atoms with Crippen LogP contribution in [0.2, 0.25) is 0 Å². The predicted molar refractivity (Wildman–Crippen MR) is 86.2 cm³/mol. The maximum Gasteiger partial charge on any atom is 0.193 e. The Bertz CT molecular complexity index is 416. The number of hydrogen-bond donors (Lipinski definition) is 2. The van der Waals surface area contributed by atoms with Crippen LogP contribution in [0.4, 0.5) is 5.69 Å². The first-order valence-electron chi connectivity index (χ1n) is 7.35. The zero-order valence-electron chi connectivity index (χ0n) is 12.9. The summed E-state index contributed by atoms with van der Waals surface area (Å²) in [4.78, 5) is 4.29. The molecule has 0 atom stereocenters. The zero-order valence-corrected chi connectivity index (χ0v) is 12.9. The number of nitrogens with zero attached hydrogens (tertiary/aromatic N) is 1. The lowest BCUT2D eigenvalue weighted by molar-refractivity contribution is 0.109. The minimum atomic E-state index is 0.460. The second-order valence-electron chi connectivity index (χ2n) is 5.27. The predicted octanol–water partition coefficient (Wildman–Crippen LogP) is 3.04. The lowest BCUT2D eigenvalue weighted by atomic mass is 10.1. The van der Waals surface area contributed by atoms with Gasteiger partial charge in [-0.3, -0.25) is 4.99 Å². The number of aryl methyl sites for hydroxylation is 1. The molecular weight excluding hydrogens is 250 g/mol. The average Bonchev–Trinajstić information content (AvgIpc) is 2.42. The molecule has 0 amide bonds. The van der Waals surface area contributed by atoms with E-state index in [-0.39, 0.29) is 0 Å². The number of anilines is 1. The molecule has 0 aromatic heterocycles. The number of rotatable bonds is 8. The summed E-state index contributed by atoms with van der Waals surface area (Å²) in [6.45, 7) is 8.65. The Morgan fingerprint density at radius 3 is 2.90 bits per heavy atom. The summed E-state index contributed by atoms with van der Waals surface area (Å²) in [5, 5.41) is 3.11. The molecule has 1 aromatic carbocycles. The zero-order chi connectivity index (χ0) is 14.8. The Morgan fingerprint density at radius 2 is 2.20 bits per heavy atom. The van der Waals surface area contributed by atoms with Crippen molar-refractivity contribution < 1.29 is 4.74 Å². The van der Waals surface area contributed by atoms with Crippen LogP contribution in [0.3, 0.4) is 0 Å². The second-order valence-corrected chi connectivity index (χ2v) is 5.27. The van der Waals surface area contributed by atoms with Crippen molar-refractivity contribution in [2.24, 2.45) is 16.6 Å². The maximum absolute atomic E-state index is 5.86. The van der Waals surface area contributed by atoms with Crippen molar-refractivity contribution in [2.75, 3.05) is 25.1 Å². The Balaban J connectivity index is 2.27. The van der Waals surface area contributed by atoms with Crippen molar-refractivity contribution in [3.63, 3.8) is 0 Å². The van der Waals surface area contributed by atoms with E-state index in [1.165, 1.54) is 5.56 Å². The normalized spacial score (nSPS) is 11.9. The molecule has 0 fully saturated rings. The third kappa shape index (κ3) is 7.14. The van der Waals surface area contributed by atoms with Crippen LogP contribution in [0.15, 0.2) is 29.3 Å². The third-order valence-corrected chi connectivity index (χ3v) is 2.79. The number of aliphatic imine (C=N–C) groups is 1. The molecule has 0 spiro atoms. The molecule has 0 radical (unpaired) electrons. The molecule has 0 aliphatic heterocycles. The van der Waals surface area contributed by atoms with Gasteiger partial charge in [-0.1, -0.05) is 32.9 Å². The molecule has 0 saturated carbocycles. The van der Waals surface area contributed by atoms with E-state index >= 15 is 0 Å². The monoisotopic (exact) mass is 277 g/mol. The van der Waals surface area contributed by atoms with Gasteiger partial charge in [0, 0.05) is 25.4 Å². The molecule has 0 heterocycles. The Labute approximate surface area is 122 Å². The largest absolute Gasteiger partial charge is 0.381 e. The highest BCUT2D eigenvalue weighted by molar-refractivity contribution is 5.92. The highest BCUT2D eigenvalue weighted by atomic mass is 16.5. The molecule has 4 nitrogen and oxygen atoms in total. The number of nitrogens with two attached hydrogens (primary N) is 1. The van der Waals surface area contributed by atoms with Crippen LogP contribution in [-0.4, -0.2) is 25.7 Å². The fourth-order valence-electron chi connectivity index (χ4n) is 1.74. The average molecular weight is 277 g/mol. The Kier molecular flexibility index (Phi) is 7.73. The van der Waals surface area contributed by atoms with E-state index in [1.54, 1.807) is 0 Å². The highest BCUT2D eigenvalue weighted by Crippen LogP contribution is 2.10. The lowest BCUT2D eigenvalue weighted by Crippen LogP contribution is -2.23. The molecule has 0 bridgehead atoms. The number of hydrogen-bond acceptors (Lipinski definition) is 2. The molecule has 112 valence electrons. The number of guanidine groups is 1. The lowest BCUT2D eigenvalue weighted by Gasteiger charge is -2.08. The first-order valence-corrected chi connectivity index (χ1v) is 7.35. The standard InChI is InChI=1S/C16H27N3O/c1-4-14-7-5-8-15(11-14)19-16(17)18-9-6-10-20-12-13(2)3/h5,7-8,11,13H,4,6,9-10,12H2,1-3H3,(H3,17,18,19). The van der Waals surface area contributed by atoms with Crippen LogP contribution in [0.1, 0.15) is 32.8 Å². The van der Waals surface area contributed by atoms with Crippen LogP contribution in [0.25, 0.3) is 0 Å². The molecule has 1 aromatic rings. The van der Waals surface area contributed by atoms with Crippen LogP contribution in [-0.2, 0) is 11.2 Å².